The molecule has 0 saturated carbocycles. The van der Waals surface area contributed by atoms with Gasteiger partial charge in [-0.2, -0.15) is 0 Å². The van der Waals surface area contributed by atoms with E-state index >= 15 is 0 Å². The van der Waals surface area contributed by atoms with E-state index in [1.54, 1.807) is 11.0 Å². The minimum Gasteiger partial charge on any atom is -0.482 e. The Kier molecular flexibility index (Phi) is 4.89. The van der Waals surface area contributed by atoms with Crippen molar-refractivity contribution in [1.82, 2.24) is 4.90 Å². The highest BCUT2D eigenvalue weighted by Crippen LogP contribution is 2.25. The van der Waals surface area contributed by atoms with Crippen molar-refractivity contribution in [1.29, 1.82) is 0 Å². The number of aliphatic hydroxyl groups excluding tert-OH is 1. The summed E-state index contributed by atoms with van der Waals surface area (Å²) in [6, 6.07) is 5.45. The summed E-state index contributed by atoms with van der Waals surface area (Å²) in [7, 11) is 0. The SMILES string of the molecule is Cc1ccc(Cl)c(OCC(=O)N2CCC(C)C(O)C2)c1. The maximum atomic E-state index is 12.1. The van der Waals surface area contributed by atoms with Gasteiger partial charge < -0.3 is 14.7 Å². The lowest BCUT2D eigenvalue weighted by Gasteiger charge is -2.34. The van der Waals surface area contributed by atoms with E-state index in [0.29, 0.717) is 23.9 Å². The number of β-amino-alcohol motifs (C(OH)–C–C–N with tert-alkyl or cyclic N) is 1. The van der Waals surface area contributed by atoms with Crippen molar-refractivity contribution >= 4 is 17.5 Å². The molecule has 1 heterocycles. The summed E-state index contributed by atoms with van der Waals surface area (Å²) >= 11 is 6.02. The molecule has 0 spiro atoms. The van der Waals surface area contributed by atoms with E-state index in [1.165, 1.54) is 0 Å². The Hall–Kier alpha value is -1.26. The van der Waals surface area contributed by atoms with Crippen LogP contribution in [-0.4, -0.2) is 41.7 Å². The number of aryl methyl sites for hydroxylation is 1. The fourth-order valence-electron chi connectivity index (χ4n) is 2.23. The molecule has 0 bridgehead atoms. The van der Waals surface area contributed by atoms with Gasteiger partial charge in [-0.05, 0) is 37.0 Å². The number of piperidine rings is 1. The van der Waals surface area contributed by atoms with E-state index in [1.807, 2.05) is 26.0 Å². The number of ether oxygens (including phenoxy) is 1. The van der Waals surface area contributed by atoms with E-state index < -0.39 is 6.10 Å². The lowest BCUT2D eigenvalue weighted by atomic mass is 9.96. The molecule has 1 fully saturated rings. The van der Waals surface area contributed by atoms with E-state index in [2.05, 4.69) is 0 Å². The highest BCUT2D eigenvalue weighted by Gasteiger charge is 2.27. The molecule has 110 valence electrons. The molecule has 1 N–H and O–H groups in total. The van der Waals surface area contributed by atoms with E-state index in [9.17, 15) is 9.90 Å². The summed E-state index contributed by atoms with van der Waals surface area (Å²) in [5, 5.41) is 10.3. The van der Waals surface area contributed by atoms with Crippen LogP contribution in [0.4, 0.5) is 0 Å². The van der Waals surface area contributed by atoms with Crippen molar-refractivity contribution in [3.63, 3.8) is 0 Å². The highest BCUT2D eigenvalue weighted by atomic mass is 35.5. The van der Waals surface area contributed by atoms with Crippen molar-refractivity contribution in [2.24, 2.45) is 5.92 Å². The predicted molar refractivity (Wildman–Crippen MR) is 78.1 cm³/mol. The zero-order valence-corrected chi connectivity index (χ0v) is 12.6. The van der Waals surface area contributed by atoms with Crippen LogP contribution >= 0.6 is 11.6 Å². The van der Waals surface area contributed by atoms with Gasteiger partial charge in [0.05, 0.1) is 11.1 Å². The third-order valence-electron chi connectivity index (χ3n) is 3.71. The molecular formula is C15H20ClNO3. The first-order valence-corrected chi connectivity index (χ1v) is 7.20. The third kappa shape index (κ3) is 3.64. The number of carbonyl (C=O) groups is 1. The highest BCUT2D eigenvalue weighted by molar-refractivity contribution is 6.32. The van der Waals surface area contributed by atoms with Gasteiger partial charge in [-0.1, -0.05) is 24.6 Å². The summed E-state index contributed by atoms with van der Waals surface area (Å²) in [4.78, 5) is 13.7. The summed E-state index contributed by atoms with van der Waals surface area (Å²) < 4.78 is 5.49. The van der Waals surface area contributed by atoms with Crippen LogP contribution in [-0.2, 0) is 4.79 Å². The summed E-state index contributed by atoms with van der Waals surface area (Å²) in [5.41, 5.74) is 1.03. The molecule has 2 unspecified atom stereocenters. The number of aliphatic hydroxyl groups is 1. The molecule has 5 heteroatoms. The molecule has 1 aromatic rings. The third-order valence-corrected chi connectivity index (χ3v) is 4.02. The van der Waals surface area contributed by atoms with E-state index in [4.69, 9.17) is 16.3 Å². The minimum absolute atomic E-state index is 0.0513. The zero-order chi connectivity index (χ0) is 14.7. The van der Waals surface area contributed by atoms with Gasteiger partial charge >= 0.3 is 0 Å². The molecular weight excluding hydrogens is 278 g/mol. The number of hydrogen-bond donors (Lipinski definition) is 1. The van der Waals surface area contributed by atoms with E-state index in [-0.39, 0.29) is 18.4 Å². The Morgan fingerprint density at radius 3 is 3.00 bits per heavy atom. The lowest BCUT2D eigenvalue weighted by Crippen LogP contribution is -2.47. The van der Waals surface area contributed by atoms with Gasteiger partial charge in [-0.15, -0.1) is 0 Å². The number of nitrogens with zero attached hydrogens (tertiary/aromatic N) is 1. The van der Waals surface area contributed by atoms with Crippen LogP contribution in [0.1, 0.15) is 18.9 Å². The topological polar surface area (TPSA) is 49.8 Å². The maximum Gasteiger partial charge on any atom is 0.260 e. The van der Waals surface area contributed by atoms with Gasteiger partial charge in [0.1, 0.15) is 5.75 Å². The molecule has 0 aliphatic carbocycles. The van der Waals surface area contributed by atoms with Crippen LogP contribution in [0.5, 0.6) is 5.75 Å². The smallest absolute Gasteiger partial charge is 0.260 e. The quantitative estimate of drug-likeness (QED) is 0.931. The van der Waals surface area contributed by atoms with Crippen molar-refractivity contribution < 1.29 is 14.6 Å². The van der Waals surface area contributed by atoms with Gasteiger partial charge in [0.25, 0.3) is 5.91 Å². The number of likely N-dealkylation sites (tertiary alicyclic amines) is 1. The van der Waals surface area contributed by atoms with Gasteiger partial charge in [0.15, 0.2) is 6.61 Å². The normalized spacial score (nSPS) is 22.7. The summed E-state index contributed by atoms with van der Waals surface area (Å²) in [6.07, 6.45) is 0.369. The summed E-state index contributed by atoms with van der Waals surface area (Å²) in [5.74, 6) is 0.644. The number of amides is 1. The Balaban J connectivity index is 1.90. The molecule has 4 nitrogen and oxygen atoms in total. The molecule has 0 aromatic heterocycles. The van der Waals surface area contributed by atoms with Gasteiger partial charge in [-0.3, -0.25) is 4.79 Å². The second kappa shape index (κ2) is 6.46. The molecule has 1 aliphatic heterocycles. The second-order valence-electron chi connectivity index (χ2n) is 5.40. The average molecular weight is 298 g/mol. The minimum atomic E-state index is -0.449. The van der Waals surface area contributed by atoms with Crippen LogP contribution in [0.2, 0.25) is 5.02 Å². The van der Waals surface area contributed by atoms with Gasteiger partial charge in [-0.25, -0.2) is 0 Å². The molecule has 2 rings (SSSR count). The fourth-order valence-corrected chi connectivity index (χ4v) is 2.40. The molecule has 1 amide bonds. The van der Waals surface area contributed by atoms with Gasteiger partial charge in [0.2, 0.25) is 0 Å². The van der Waals surface area contributed by atoms with Crippen LogP contribution in [0.3, 0.4) is 0 Å². The first kappa shape index (κ1) is 15.1. The molecule has 20 heavy (non-hydrogen) atoms. The summed E-state index contributed by atoms with van der Waals surface area (Å²) in [6.45, 7) is 4.93. The maximum absolute atomic E-state index is 12.1. The van der Waals surface area contributed by atoms with Crippen molar-refractivity contribution in [2.45, 2.75) is 26.4 Å². The van der Waals surface area contributed by atoms with Crippen LogP contribution in [0.15, 0.2) is 18.2 Å². The monoisotopic (exact) mass is 297 g/mol. The molecule has 1 aromatic carbocycles. The van der Waals surface area contributed by atoms with Crippen LogP contribution < -0.4 is 4.74 Å². The predicted octanol–water partition coefficient (Wildman–Crippen LogP) is 2.26. The Morgan fingerprint density at radius 2 is 2.30 bits per heavy atom. The molecule has 0 radical (unpaired) electrons. The first-order chi connectivity index (χ1) is 9.47. The number of rotatable bonds is 3. The average Bonchev–Trinajstić information content (AvgIpc) is 2.42. The molecule has 1 aliphatic rings. The number of benzene rings is 1. The van der Waals surface area contributed by atoms with Crippen LogP contribution in [0.25, 0.3) is 0 Å². The van der Waals surface area contributed by atoms with Crippen molar-refractivity contribution in [3.05, 3.63) is 28.8 Å². The standard InChI is InChI=1S/C15H20ClNO3/c1-10-3-4-12(16)14(7-10)20-9-15(19)17-6-5-11(2)13(18)8-17/h3-4,7,11,13,18H,5-6,8-9H2,1-2H3. The van der Waals surface area contributed by atoms with Gasteiger partial charge in [0, 0.05) is 13.1 Å². The van der Waals surface area contributed by atoms with Crippen molar-refractivity contribution in [2.75, 3.05) is 19.7 Å². The Morgan fingerprint density at radius 1 is 1.55 bits per heavy atom. The number of halogens is 1. The Labute approximate surface area is 124 Å². The number of carbonyl (C=O) groups excluding carboxylic acids is 1. The fraction of sp³-hybridized carbons (Fsp3) is 0.533. The lowest BCUT2D eigenvalue weighted by molar-refractivity contribution is -0.137. The largest absolute Gasteiger partial charge is 0.482 e. The Bertz CT molecular complexity index is 492. The van der Waals surface area contributed by atoms with Crippen LogP contribution in [0, 0.1) is 12.8 Å². The molecule has 1 saturated heterocycles. The molecule has 2 atom stereocenters. The second-order valence-corrected chi connectivity index (χ2v) is 5.80. The number of hydrogen-bond acceptors (Lipinski definition) is 3. The zero-order valence-electron chi connectivity index (χ0n) is 11.8. The first-order valence-electron chi connectivity index (χ1n) is 6.82. The van der Waals surface area contributed by atoms with Crippen molar-refractivity contribution in [3.8, 4) is 5.75 Å². The van der Waals surface area contributed by atoms with E-state index in [0.717, 1.165) is 12.0 Å².